The Morgan fingerprint density at radius 3 is 2.72 bits per heavy atom. The predicted molar refractivity (Wildman–Crippen MR) is 112 cm³/mol. The number of rotatable bonds is 6. The number of anilines is 2. The summed E-state index contributed by atoms with van der Waals surface area (Å²) in [6.07, 6.45) is 5.23. The molecule has 7 nitrogen and oxygen atoms in total. The van der Waals surface area contributed by atoms with Crippen LogP contribution in [0, 0.1) is 5.82 Å². The molecule has 1 aliphatic heterocycles. The number of likely N-dealkylation sites (tertiary alicyclic amines) is 1. The molecular formula is C18H22ClFN4O3S2. The first-order valence-electron chi connectivity index (χ1n) is 9.43. The predicted octanol–water partition coefficient (Wildman–Crippen LogP) is 3.14. The Bertz CT molecular complexity index is 968. The quantitative estimate of drug-likeness (QED) is 0.613. The van der Waals surface area contributed by atoms with Gasteiger partial charge in [-0.2, -0.15) is 0 Å². The normalized spacial score (nSPS) is 23.6. The second-order valence-electron chi connectivity index (χ2n) is 7.42. The second kappa shape index (κ2) is 8.35. The number of halogens is 2. The first kappa shape index (κ1) is 20.8. The lowest BCUT2D eigenvalue weighted by Gasteiger charge is -2.47. The van der Waals surface area contributed by atoms with Crippen LogP contribution in [0.25, 0.3) is 0 Å². The zero-order chi connectivity index (χ0) is 20.6. The largest absolute Gasteiger partial charge is 0.390 e. The van der Waals surface area contributed by atoms with E-state index >= 15 is 0 Å². The zero-order valence-corrected chi connectivity index (χ0v) is 17.9. The fourth-order valence-corrected chi connectivity index (χ4v) is 6.12. The number of benzene rings is 1. The Morgan fingerprint density at radius 2 is 2.03 bits per heavy atom. The molecule has 0 bridgehead atoms. The van der Waals surface area contributed by atoms with Gasteiger partial charge in [0, 0.05) is 36.8 Å². The Labute approximate surface area is 178 Å². The van der Waals surface area contributed by atoms with Crippen molar-refractivity contribution in [2.75, 3.05) is 23.1 Å². The molecule has 1 aliphatic carbocycles. The standard InChI is InChI=1S/C18H22ClFN4O3S2/c19-12-7-17(29(26,27)23-18-21-5-6-28-18)13(20)8-15(12)22-14-3-1-2-4-16(14)24-9-11(25)10-24/h5-8,11,14,16,22,25H,1-4,9-10H2,(H,21,23)/t14?,16-/m0/s1. The molecule has 0 spiro atoms. The molecule has 2 atom stereocenters. The summed E-state index contributed by atoms with van der Waals surface area (Å²) in [5.41, 5.74) is 0.371. The van der Waals surface area contributed by atoms with Crippen molar-refractivity contribution < 1.29 is 17.9 Å². The number of nitrogens with zero attached hydrogens (tertiary/aromatic N) is 2. The van der Waals surface area contributed by atoms with E-state index < -0.39 is 20.7 Å². The molecule has 11 heteroatoms. The number of nitrogens with one attached hydrogen (secondary N) is 2. The molecule has 1 unspecified atom stereocenters. The maximum absolute atomic E-state index is 14.7. The number of sulfonamides is 1. The molecule has 29 heavy (non-hydrogen) atoms. The third-order valence-electron chi connectivity index (χ3n) is 5.39. The fraction of sp³-hybridized carbons (Fsp3) is 0.500. The third kappa shape index (κ3) is 4.51. The average Bonchev–Trinajstić information content (AvgIpc) is 3.14. The van der Waals surface area contributed by atoms with Crippen LogP contribution in [0.3, 0.4) is 0 Å². The Balaban J connectivity index is 1.53. The minimum Gasteiger partial charge on any atom is -0.390 e. The lowest BCUT2D eigenvalue weighted by atomic mass is 9.87. The third-order valence-corrected chi connectivity index (χ3v) is 7.88. The maximum atomic E-state index is 14.7. The lowest BCUT2D eigenvalue weighted by Crippen LogP contribution is -2.60. The van der Waals surface area contributed by atoms with Crippen molar-refractivity contribution >= 4 is 43.8 Å². The summed E-state index contributed by atoms with van der Waals surface area (Å²) >= 11 is 7.42. The molecule has 1 saturated carbocycles. The number of β-amino-alcohol motifs (C(OH)–C–C–N with tert-alkyl or cyclic N) is 1. The van der Waals surface area contributed by atoms with Crippen LogP contribution in [0.15, 0.2) is 28.6 Å². The molecule has 1 aromatic carbocycles. The molecular weight excluding hydrogens is 439 g/mol. The van der Waals surface area contributed by atoms with Crippen LogP contribution in [0.2, 0.25) is 5.02 Å². The highest BCUT2D eigenvalue weighted by molar-refractivity contribution is 7.93. The minimum atomic E-state index is -4.14. The highest BCUT2D eigenvalue weighted by atomic mass is 35.5. The number of hydrogen-bond donors (Lipinski definition) is 3. The fourth-order valence-electron chi connectivity index (χ4n) is 3.96. The summed E-state index contributed by atoms with van der Waals surface area (Å²) in [5, 5.41) is 14.8. The van der Waals surface area contributed by atoms with Gasteiger partial charge in [-0.3, -0.25) is 9.62 Å². The van der Waals surface area contributed by atoms with E-state index in [1.165, 1.54) is 6.20 Å². The number of hydrogen-bond acceptors (Lipinski definition) is 7. The smallest absolute Gasteiger partial charge is 0.266 e. The molecule has 2 fully saturated rings. The number of thiazole rings is 1. The van der Waals surface area contributed by atoms with Crippen molar-refractivity contribution in [3.8, 4) is 0 Å². The van der Waals surface area contributed by atoms with Gasteiger partial charge in [0.15, 0.2) is 5.13 Å². The van der Waals surface area contributed by atoms with Gasteiger partial charge in [-0.15, -0.1) is 11.3 Å². The highest BCUT2D eigenvalue weighted by Gasteiger charge is 2.37. The van der Waals surface area contributed by atoms with Gasteiger partial charge in [0.2, 0.25) is 0 Å². The SMILES string of the molecule is O=S(=O)(Nc1nccs1)c1cc(Cl)c(NC2CCCC[C@@H]2N2CC(O)C2)cc1F. The van der Waals surface area contributed by atoms with E-state index in [-0.39, 0.29) is 28.3 Å². The Morgan fingerprint density at radius 1 is 1.28 bits per heavy atom. The monoisotopic (exact) mass is 460 g/mol. The van der Waals surface area contributed by atoms with E-state index in [0.29, 0.717) is 18.8 Å². The van der Waals surface area contributed by atoms with Gasteiger partial charge in [0.1, 0.15) is 10.7 Å². The molecule has 2 aliphatic rings. The summed E-state index contributed by atoms with van der Waals surface area (Å²) < 4.78 is 42.0. The lowest BCUT2D eigenvalue weighted by molar-refractivity contribution is -0.0361. The minimum absolute atomic E-state index is 0.0593. The summed E-state index contributed by atoms with van der Waals surface area (Å²) in [6, 6.07) is 2.56. The van der Waals surface area contributed by atoms with Crippen LogP contribution >= 0.6 is 22.9 Å². The zero-order valence-electron chi connectivity index (χ0n) is 15.5. The van der Waals surface area contributed by atoms with E-state index in [2.05, 4.69) is 19.9 Å². The van der Waals surface area contributed by atoms with Gasteiger partial charge in [-0.25, -0.2) is 17.8 Å². The molecule has 0 radical (unpaired) electrons. The van der Waals surface area contributed by atoms with Crippen molar-refractivity contribution in [1.29, 1.82) is 0 Å². The van der Waals surface area contributed by atoms with Gasteiger partial charge >= 0.3 is 0 Å². The van der Waals surface area contributed by atoms with Gasteiger partial charge < -0.3 is 10.4 Å². The molecule has 1 saturated heterocycles. The van der Waals surface area contributed by atoms with Crippen molar-refractivity contribution in [3.05, 3.63) is 34.5 Å². The van der Waals surface area contributed by atoms with Crippen LogP contribution in [0.1, 0.15) is 25.7 Å². The molecule has 2 aromatic rings. The highest BCUT2D eigenvalue weighted by Crippen LogP contribution is 2.34. The molecule has 158 valence electrons. The summed E-state index contributed by atoms with van der Waals surface area (Å²) in [7, 11) is -4.14. The van der Waals surface area contributed by atoms with E-state index in [0.717, 1.165) is 49.2 Å². The van der Waals surface area contributed by atoms with Crippen molar-refractivity contribution in [2.45, 2.75) is 48.8 Å². The van der Waals surface area contributed by atoms with Crippen molar-refractivity contribution in [3.63, 3.8) is 0 Å². The molecule has 4 rings (SSSR count). The van der Waals surface area contributed by atoms with Gasteiger partial charge in [-0.1, -0.05) is 24.4 Å². The van der Waals surface area contributed by atoms with Crippen LogP contribution in [-0.4, -0.2) is 54.7 Å². The number of aliphatic hydroxyl groups excluding tert-OH is 1. The summed E-state index contributed by atoms with van der Waals surface area (Å²) in [4.78, 5) is 5.56. The van der Waals surface area contributed by atoms with Gasteiger partial charge in [0.25, 0.3) is 10.0 Å². The van der Waals surface area contributed by atoms with Crippen LogP contribution < -0.4 is 10.0 Å². The average molecular weight is 461 g/mol. The van der Waals surface area contributed by atoms with Crippen LogP contribution in [0.4, 0.5) is 15.2 Å². The first-order chi connectivity index (χ1) is 13.8. The van der Waals surface area contributed by atoms with Gasteiger partial charge in [-0.05, 0) is 25.0 Å². The van der Waals surface area contributed by atoms with Gasteiger partial charge in [0.05, 0.1) is 16.8 Å². The van der Waals surface area contributed by atoms with E-state index in [4.69, 9.17) is 11.6 Å². The topological polar surface area (TPSA) is 94.6 Å². The first-order valence-corrected chi connectivity index (χ1v) is 12.2. The summed E-state index contributed by atoms with van der Waals surface area (Å²) in [5.74, 6) is -0.882. The van der Waals surface area contributed by atoms with Crippen molar-refractivity contribution in [2.24, 2.45) is 0 Å². The van der Waals surface area contributed by atoms with Crippen molar-refractivity contribution in [1.82, 2.24) is 9.88 Å². The summed E-state index contributed by atoms with van der Waals surface area (Å²) in [6.45, 7) is 1.29. The number of aromatic nitrogens is 1. The van der Waals surface area contributed by atoms with E-state index in [1.54, 1.807) is 5.38 Å². The van der Waals surface area contributed by atoms with E-state index in [1.807, 2.05) is 0 Å². The van der Waals surface area contributed by atoms with Crippen LogP contribution in [-0.2, 0) is 10.0 Å². The molecule has 0 amide bonds. The second-order valence-corrected chi connectivity index (χ2v) is 10.4. The maximum Gasteiger partial charge on any atom is 0.266 e. The molecule has 2 heterocycles. The van der Waals surface area contributed by atoms with Crippen LogP contribution in [0.5, 0.6) is 0 Å². The Hall–Kier alpha value is -1.46. The number of aliphatic hydroxyl groups is 1. The molecule has 3 N–H and O–H groups in total. The van der Waals surface area contributed by atoms with E-state index in [9.17, 15) is 17.9 Å². The Kier molecular flexibility index (Phi) is 5.99. The molecule has 1 aromatic heterocycles.